The van der Waals surface area contributed by atoms with E-state index in [0.717, 1.165) is 17.5 Å². The minimum atomic E-state index is -0.385. The van der Waals surface area contributed by atoms with Gasteiger partial charge in [-0.25, -0.2) is 4.98 Å². The zero-order valence-electron chi connectivity index (χ0n) is 19.1. The van der Waals surface area contributed by atoms with Crippen LogP contribution < -0.4 is 20.1 Å². The van der Waals surface area contributed by atoms with Crippen LogP contribution in [0, 0.1) is 0 Å². The molecule has 0 radical (unpaired) electrons. The Morgan fingerprint density at radius 3 is 2.77 bits per heavy atom. The van der Waals surface area contributed by atoms with E-state index in [1.54, 1.807) is 30.3 Å². The molecule has 4 aromatic rings. The van der Waals surface area contributed by atoms with Gasteiger partial charge in [-0.05, 0) is 78.7 Å². The molecule has 178 valence electrons. The Morgan fingerprint density at radius 2 is 1.94 bits per heavy atom. The third-order valence-electron chi connectivity index (χ3n) is 5.92. The summed E-state index contributed by atoms with van der Waals surface area (Å²) in [7, 11) is 0. The third kappa shape index (κ3) is 4.80. The summed E-state index contributed by atoms with van der Waals surface area (Å²) < 4.78 is 16.6. The molecule has 0 fully saturated rings. The first-order valence-corrected chi connectivity index (χ1v) is 11.9. The van der Waals surface area contributed by atoms with Gasteiger partial charge in [-0.1, -0.05) is 31.5 Å². The van der Waals surface area contributed by atoms with Gasteiger partial charge in [-0.3, -0.25) is 10.1 Å². The molecule has 3 aromatic carbocycles. The van der Waals surface area contributed by atoms with Crippen LogP contribution in [0.5, 0.6) is 11.5 Å². The number of anilines is 1. The molecule has 5 rings (SSSR count). The molecule has 2 heterocycles. The van der Waals surface area contributed by atoms with Gasteiger partial charge < -0.3 is 19.2 Å². The van der Waals surface area contributed by atoms with Crippen molar-refractivity contribution in [1.29, 1.82) is 0 Å². The van der Waals surface area contributed by atoms with E-state index in [2.05, 4.69) is 41.6 Å². The maximum Gasteiger partial charge on any atom is 0.257 e. The van der Waals surface area contributed by atoms with Crippen LogP contribution in [0.1, 0.15) is 42.1 Å². The van der Waals surface area contributed by atoms with Crippen molar-refractivity contribution < 1.29 is 18.7 Å². The average molecular weight is 508 g/mol. The minimum Gasteiger partial charge on any atom is -0.454 e. The summed E-state index contributed by atoms with van der Waals surface area (Å²) in [5.74, 6) is 1.64. The van der Waals surface area contributed by atoms with E-state index in [4.69, 9.17) is 37.7 Å². The molecule has 7 nitrogen and oxygen atoms in total. The number of ether oxygens (including phenoxy) is 2. The van der Waals surface area contributed by atoms with Crippen molar-refractivity contribution in [3.05, 3.63) is 70.7 Å². The summed E-state index contributed by atoms with van der Waals surface area (Å²) in [6.07, 6.45) is 1.05. The Morgan fingerprint density at radius 1 is 1.11 bits per heavy atom. The number of aromatic nitrogens is 1. The fraction of sp³-hybridized carbons (Fsp3) is 0.192. The summed E-state index contributed by atoms with van der Waals surface area (Å²) in [5, 5.41) is 6.17. The van der Waals surface area contributed by atoms with Crippen LogP contribution >= 0.6 is 23.8 Å². The first kappa shape index (κ1) is 23.1. The van der Waals surface area contributed by atoms with E-state index < -0.39 is 0 Å². The first-order valence-electron chi connectivity index (χ1n) is 11.1. The van der Waals surface area contributed by atoms with Gasteiger partial charge in [0, 0.05) is 11.1 Å². The molecule has 1 aliphatic heterocycles. The zero-order chi connectivity index (χ0) is 24.5. The van der Waals surface area contributed by atoms with Crippen LogP contribution in [-0.2, 0) is 0 Å². The zero-order valence-corrected chi connectivity index (χ0v) is 20.6. The number of fused-ring (bicyclic) bond motifs is 2. The molecule has 1 aromatic heterocycles. The predicted octanol–water partition coefficient (Wildman–Crippen LogP) is 6.52. The molecule has 1 aliphatic rings. The molecule has 1 atom stereocenters. The maximum atomic E-state index is 12.6. The van der Waals surface area contributed by atoms with Crippen molar-refractivity contribution in [2.24, 2.45) is 0 Å². The summed E-state index contributed by atoms with van der Waals surface area (Å²) in [5.41, 5.74) is 4.37. The number of oxazole rings is 1. The highest BCUT2D eigenvalue weighted by Gasteiger charge is 2.18. The number of halogens is 1. The highest BCUT2D eigenvalue weighted by Crippen LogP contribution is 2.33. The summed E-state index contributed by atoms with van der Waals surface area (Å²) in [6.45, 7) is 4.48. The second kappa shape index (κ2) is 9.56. The maximum absolute atomic E-state index is 12.6. The van der Waals surface area contributed by atoms with Crippen LogP contribution in [0.4, 0.5) is 5.69 Å². The van der Waals surface area contributed by atoms with Crippen LogP contribution in [0.2, 0.25) is 5.02 Å². The number of hydrogen-bond donors (Lipinski definition) is 2. The van der Waals surface area contributed by atoms with E-state index in [1.807, 2.05) is 12.1 Å². The predicted molar refractivity (Wildman–Crippen MR) is 139 cm³/mol. The number of carbonyl (C=O) groups is 1. The lowest BCUT2D eigenvalue weighted by Gasteiger charge is -2.12. The number of benzene rings is 3. The Balaban J connectivity index is 1.33. The first-order chi connectivity index (χ1) is 16.9. The lowest BCUT2D eigenvalue weighted by Crippen LogP contribution is -2.34. The smallest absolute Gasteiger partial charge is 0.257 e. The lowest BCUT2D eigenvalue weighted by atomic mass is 9.98. The average Bonchev–Trinajstić information content (AvgIpc) is 3.50. The second-order valence-electron chi connectivity index (χ2n) is 8.23. The normalized spacial score (nSPS) is 13.0. The molecule has 0 aliphatic carbocycles. The molecular formula is C26H22ClN3O4S. The van der Waals surface area contributed by atoms with E-state index in [9.17, 15) is 4.79 Å². The molecule has 9 heteroatoms. The van der Waals surface area contributed by atoms with Gasteiger partial charge in [0.2, 0.25) is 12.7 Å². The number of carbonyl (C=O) groups excluding carboxylic acids is 1. The summed E-state index contributed by atoms with van der Waals surface area (Å²) in [4.78, 5) is 17.3. The SMILES string of the molecule is CC[C@@H](C)c1ccc2oc(-c3ccc(Cl)c(NC(=S)NC(=O)c4ccc5c(c4)OCO5)c3)nc2c1. The number of hydrogen-bond acceptors (Lipinski definition) is 6. The van der Waals surface area contributed by atoms with E-state index >= 15 is 0 Å². The van der Waals surface area contributed by atoms with Crippen molar-refractivity contribution in [2.45, 2.75) is 26.2 Å². The van der Waals surface area contributed by atoms with Gasteiger partial charge in [-0.2, -0.15) is 0 Å². The number of nitrogens with zero attached hydrogens (tertiary/aromatic N) is 1. The lowest BCUT2D eigenvalue weighted by molar-refractivity contribution is 0.0977. The summed E-state index contributed by atoms with van der Waals surface area (Å²) >= 11 is 11.7. The molecular weight excluding hydrogens is 486 g/mol. The summed E-state index contributed by atoms with van der Waals surface area (Å²) in [6, 6.07) is 16.3. The van der Waals surface area contributed by atoms with Crippen LogP contribution in [0.15, 0.2) is 59.0 Å². The molecule has 35 heavy (non-hydrogen) atoms. The van der Waals surface area contributed by atoms with Crippen molar-refractivity contribution in [2.75, 3.05) is 12.1 Å². The highest BCUT2D eigenvalue weighted by atomic mass is 35.5. The van der Waals surface area contributed by atoms with E-state index in [-0.39, 0.29) is 17.8 Å². The van der Waals surface area contributed by atoms with Crippen molar-refractivity contribution >= 4 is 51.6 Å². The fourth-order valence-electron chi connectivity index (χ4n) is 3.73. The van der Waals surface area contributed by atoms with Crippen LogP contribution in [0.3, 0.4) is 0 Å². The standard InChI is InChI=1S/C26H22ClN3O4S/c1-3-14(2)15-5-8-21-20(10-15)28-25(34-21)17-4-7-18(27)19(11-17)29-26(35)30-24(31)16-6-9-22-23(12-16)33-13-32-22/h4-12,14H,3,13H2,1-2H3,(H2,29,30,31,35)/t14-/m1/s1. The number of thiocarbonyl (C=S) groups is 1. The monoisotopic (exact) mass is 507 g/mol. The quantitative estimate of drug-likeness (QED) is 0.297. The van der Waals surface area contributed by atoms with E-state index in [0.29, 0.717) is 45.2 Å². The van der Waals surface area contributed by atoms with Gasteiger partial charge in [0.25, 0.3) is 5.91 Å². The third-order valence-corrected chi connectivity index (χ3v) is 6.45. The van der Waals surface area contributed by atoms with Crippen LogP contribution in [-0.4, -0.2) is 22.8 Å². The number of rotatable bonds is 5. The topological polar surface area (TPSA) is 85.6 Å². The molecule has 0 saturated carbocycles. The van der Waals surface area contributed by atoms with Gasteiger partial charge in [-0.15, -0.1) is 0 Å². The number of amides is 1. The van der Waals surface area contributed by atoms with Crippen molar-refractivity contribution in [1.82, 2.24) is 10.3 Å². The minimum absolute atomic E-state index is 0.0995. The molecule has 0 saturated heterocycles. The van der Waals surface area contributed by atoms with Gasteiger partial charge in [0.05, 0.1) is 10.7 Å². The van der Waals surface area contributed by atoms with E-state index in [1.165, 1.54) is 5.56 Å². The molecule has 2 N–H and O–H groups in total. The van der Waals surface area contributed by atoms with Crippen molar-refractivity contribution in [3.63, 3.8) is 0 Å². The molecule has 0 spiro atoms. The largest absolute Gasteiger partial charge is 0.454 e. The second-order valence-corrected chi connectivity index (χ2v) is 9.04. The van der Waals surface area contributed by atoms with Crippen LogP contribution in [0.25, 0.3) is 22.6 Å². The Kier molecular flexibility index (Phi) is 6.32. The van der Waals surface area contributed by atoms with Crippen molar-refractivity contribution in [3.8, 4) is 23.0 Å². The Labute approximate surface area is 212 Å². The molecule has 0 unspecified atom stereocenters. The van der Waals surface area contributed by atoms with Gasteiger partial charge in [0.15, 0.2) is 22.2 Å². The Hall–Kier alpha value is -3.62. The highest BCUT2D eigenvalue weighted by molar-refractivity contribution is 7.80. The number of nitrogens with one attached hydrogen (secondary N) is 2. The molecule has 1 amide bonds. The van der Waals surface area contributed by atoms with Gasteiger partial charge in [0.1, 0.15) is 5.52 Å². The Bertz CT molecular complexity index is 1450. The van der Waals surface area contributed by atoms with Gasteiger partial charge >= 0.3 is 0 Å². The molecule has 0 bridgehead atoms. The fourth-order valence-corrected chi connectivity index (χ4v) is 4.10.